The molecule has 3 N–H and O–H groups in total. The number of carbonyl (C=O) groups excluding carboxylic acids is 1. The molecule has 1 aliphatic heterocycles. The largest absolute Gasteiger partial charge is 0.386 e. The van der Waals surface area contributed by atoms with Crippen molar-refractivity contribution in [3.63, 3.8) is 0 Å². The first-order valence-corrected chi connectivity index (χ1v) is 9.91. The number of fused-ring (bicyclic) bond motifs is 6. The fourth-order valence-corrected chi connectivity index (χ4v) is 4.05. The minimum Gasteiger partial charge on any atom is -0.386 e. The van der Waals surface area contributed by atoms with E-state index in [0.29, 0.717) is 23.6 Å². The highest BCUT2D eigenvalue weighted by Gasteiger charge is 2.34. The maximum Gasteiger partial charge on any atom is 0.328 e. The van der Waals surface area contributed by atoms with Crippen LogP contribution in [0.15, 0.2) is 36.9 Å². The zero-order valence-corrected chi connectivity index (χ0v) is 16.3. The van der Waals surface area contributed by atoms with Crippen LogP contribution in [0.2, 0.25) is 0 Å². The van der Waals surface area contributed by atoms with Gasteiger partial charge in [0.2, 0.25) is 0 Å². The number of nitrogens with zero attached hydrogens (tertiary/aromatic N) is 5. The Balaban J connectivity index is 1.55. The molecule has 0 aromatic carbocycles. The van der Waals surface area contributed by atoms with Crippen LogP contribution in [0.4, 0.5) is 22.1 Å². The highest BCUT2D eigenvalue weighted by atomic mass is 16.5. The van der Waals surface area contributed by atoms with Gasteiger partial charge in [-0.05, 0) is 30.5 Å². The van der Waals surface area contributed by atoms with Crippen LogP contribution in [0, 0.1) is 0 Å². The lowest BCUT2D eigenvalue weighted by Gasteiger charge is -2.36. The molecule has 0 spiro atoms. The number of hydrogen-bond donors (Lipinski definition) is 3. The van der Waals surface area contributed by atoms with Crippen LogP contribution in [-0.2, 0) is 11.3 Å². The highest BCUT2D eigenvalue weighted by molar-refractivity contribution is 5.94. The molecule has 0 radical (unpaired) electrons. The van der Waals surface area contributed by atoms with E-state index in [0.717, 1.165) is 35.6 Å². The lowest BCUT2D eigenvalue weighted by molar-refractivity contribution is -0.0323. The number of anilines is 3. The van der Waals surface area contributed by atoms with Crippen molar-refractivity contribution in [2.24, 2.45) is 0 Å². The first kappa shape index (κ1) is 17.2. The Morgan fingerprint density at radius 2 is 2.17 bits per heavy atom. The average molecular weight is 404 g/mol. The van der Waals surface area contributed by atoms with E-state index in [9.17, 15) is 4.79 Å². The van der Waals surface area contributed by atoms with Crippen LogP contribution < -0.4 is 16.0 Å². The number of amides is 1. The Hall–Kier alpha value is -3.66. The zero-order chi connectivity index (χ0) is 20.2. The van der Waals surface area contributed by atoms with E-state index >= 15 is 0 Å². The van der Waals surface area contributed by atoms with Crippen molar-refractivity contribution in [1.82, 2.24) is 29.2 Å². The summed E-state index contributed by atoms with van der Waals surface area (Å²) < 4.78 is 9.52. The molecule has 2 atom stereocenters. The second-order valence-corrected chi connectivity index (χ2v) is 7.60. The van der Waals surface area contributed by atoms with Gasteiger partial charge in [-0.2, -0.15) is 0 Å². The smallest absolute Gasteiger partial charge is 0.328 e. The van der Waals surface area contributed by atoms with Gasteiger partial charge in [-0.25, -0.2) is 24.3 Å². The maximum atomic E-state index is 12.9. The van der Waals surface area contributed by atoms with Crippen molar-refractivity contribution >= 4 is 40.2 Å². The topological polar surface area (TPSA) is 110 Å². The van der Waals surface area contributed by atoms with E-state index in [2.05, 4.69) is 25.9 Å². The zero-order valence-electron chi connectivity index (χ0n) is 16.3. The number of imidazole rings is 2. The van der Waals surface area contributed by atoms with Crippen LogP contribution in [0.3, 0.4) is 0 Å². The van der Waals surface area contributed by atoms with Gasteiger partial charge in [0, 0.05) is 25.5 Å². The Kier molecular flexibility index (Phi) is 3.69. The quantitative estimate of drug-likeness (QED) is 0.447. The SMILES string of the molecule is CNc1cc2nc3c1ncn3C(=O)N[C@@H]1CC[C@H]1OCc1cc(n3ccnc3c1)N2. The summed E-state index contributed by atoms with van der Waals surface area (Å²) in [6.45, 7) is 0.444. The molecule has 0 saturated heterocycles. The van der Waals surface area contributed by atoms with E-state index in [4.69, 9.17) is 9.72 Å². The molecule has 4 aromatic rings. The first-order chi connectivity index (χ1) is 14.7. The lowest BCUT2D eigenvalue weighted by atomic mass is 9.89. The molecule has 2 aliphatic rings. The third-order valence-electron chi connectivity index (χ3n) is 5.80. The molecule has 5 heterocycles. The van der Waals surface area contributed by atoms with E-state index in [-0.39, 0.29) is 18.2 Å². The molecule has 4 bridgehead atoms. The minimum absolute atomic E-state index is 0.0181. The van der Waals surface area contributed by atoms with E-state index < -0.39 is 0 Å². The summed E-state index contributed by atoms with van der Waals surface area (Å²) in [6.07, 6.45) is 6.94. The molecule has 1 amide bonds. The average Bonchev–Trinajstić information content (AvgIpc) is 3.37. The van der Waals surface area contributed by atoms with E-state index in [1.54, 1.807) is 6.20 Å². The maximum absolute atomic E-state index is 12.9. The molecule has 1 saturated carbocycles. The fraction of sp³-hybridized carbons (Fsp3) is 0.300. The van der Waals surface area contributed by atoms with Gasteiger partial charge in [-0.1, -0.05) is 0 Å². The second kappa shape index (κ2) is 6.42. The van der Waals surface area contributed by atoms with Gasteiger partial charge < -0.3 is 20.7 Å². The molecule has 6 rings (SSSR count). The molecular weight excluding hydrogens is 384 g/mol. The van der Waals surface area contributed by atoms with Crippen molar-refractivity contribution in [2.75, 3.05) is 17.7 Å². The highest BCUT2D eigenvalue weighted by Crippen LogP contribution is 2.29. The Morgan fingerprint density at radius 3 is 3.00 bits per heavy atom. The lowest BCUT2D eigenvalue weighted by Crippen LogP contribution is -2.52. The number of ether oxygens (including phenoxy) is 1. The summed E-state index contributed by atoms with van der Waals surface area (Å²) >= 11 is 0. The molecule has 0 unspecified atom stereocenters. The summed E-state index contributed by atoms with van der Waals surface area (Å²) in [6, 6.07) is 5.63. The number of nitrogens with one attached hydrogen (secondary N) is 3. The number of rotatable bonds is 1. The van der Waals surface area contributed by atoms with Gasteiger partial charge >= 0.3 is 6.03 Å². The van der Waals surface area contributed by atoms with Crippen molar-refractivity contribution < 1.29 is 9.53 Å². The van der Waals surface area contributed by atoms with Crippen LogP contribution in [-0.4, -0.2) is 49.1 Å². The van der Waals surface area contributed by atoms with Crippen LogP contribution in [0.5, 0.6) is 0 Å². The van der Waals surface area contributed by atoms with Gasteiger partial charge in [-0.3, -0.25) is 4.40 Å². The third kappa shape index (κ3) is 2.61. The van der Waals surface area contributed by atoms with Gasteiger partial charge in [-0.15, -0.1) is 0 Å². The normalized spacial score (nSPS) is 20.9. The summed E-state index contributed by atoms with van der Waals surface area (Å²) in [5, 5.41) is 9.57. The summed E-state index contributed by atoms with van der Waals surface area (Å²) in [7, 11) is 1.82. The van der Waals surface area contributed by atoms with Gasteiger partial charge in [0.25, 0.3) is 0 Å². The number of aromatic nitrogens is 5. The molecule has 10 heteroatoms. The van der Waals surface area contributed by atoms with Gasteiger partial charge in [0.1, 0.15) is 29.1 Å². The van der Waals surface area contributed by atoms with Crippen LogP contribution >= 0.6 is 0 Å². The number of carbonyl (C=O) groups is 1. The molecule has 1 aliphatic carbocycles. The molecule has 1 fully saturated rings. The number of hydrogen-bond acceptors (Lipinski definition) is 7. The Morgan fingerprint density at radius 1 is 1.23 bits per heavy atom. The van der Waals surface area contributed by atoms with Gasteiger partial charge in [0.05, 0.1) is 24.4 Å². The fourth-order valence-electron chi connectivity index (χ4n) is 4.05. The summed E-state index contributed by atoms with van der Waals surface area (Å²) in [5.41, 5.74) is 3.72. The predicted octanol–water partition coefficient (Wildman–Crippen LogP) is 2.48. The summed E-state index contributed by atoms with van der Waals surface area (Å²) in [4.78, 5) is 26.4. The van der Waals surface area contributed by atoms with Crippen molar-refractivity contribution in [3.05, 3.63) is 42.5 Å². The molecule has 30 heavy (non-hydrogen) atoms. The van der Waals surface area contributed by atoms with Crippen LogP contribution in [0.1, 0.15) is 18.4 Å². The molecule has 4 aromatic heterocycles. The Labute approximate surface area is 171 Å². The molecule has 10 nitrogen and oxygen atoms in total. The van der Waals surface area contributed by atoms with Crippen molar-refractivity contribution in [3.8, 4) is 0 Å². The van der Waals surface area contributed by atoms with E-state index in [1.807, 2.05) is 35.8 Å². The molecule has 152 valence electrons. The van der Waals surface area contributed by atoms with Crippen LogP contribution in [0.25, 0.3) is 16.8 Å². The second-order valence-electron chi connectivity index (χ2n) is 7.60. The summed E-state index contributed by atoms with van der Waals surface area (Å²) in [5.74, 6) is 1.41. The Bertz CT molecular complexity index is 1290. The third-order valence-corrected chi connectivity index (χ3v) is 5.80. The first-order valence-electron chi connectivity index (χ1n) is 9.91. The molecular formula is C20H20N8O2. The van der Waals surface area contributed by atoms with Crippen molar-refractivity contribution in [1.29, 1.82) is 0 Å². The number of pyridine rings is 2. The monoisotopic (exact) mass is 404 g/mol. The van der Waals surface area contributed by atoms with Crippen molar-refractivity contribution in [2.45, 2.75) is 31.6 Å². The minimum atomic E-state index is -0.255. The standard InChI is InChI=1S/C20H20N8O2/c1-21-13-8-15-25-17-7-11(6-16-22-4-5-27(16)17)9-30-14-3-2-12(14)24-20(29)28-10-23-18(13)19(28)26-15/h4-8,10,12,14H,2-3,9H2,1H3,(H,24,29)(H2,21,25,26)/t12-,14-/m1/s1. The van der Waals surface area contributed by atoms with E-state index in [1.165, 1.54) is 10.9 Å². The van der Waals surface area contributed by atoms with Gasteiger partial charge in [0.15, 0.2) is 5.65 Å². The predicted molar refractivity (Wildman–Crippen MR) is 111 cm³/mol.